The maximum absolute atomic E-state index is 11.5. The zero-order valence-electron chi connectivity index (χ0n) is 20.0. The average Bonchev–Trinajstić information content (AvgIpc) is 3.14. The maximum Gasteiger partial charge on any atom is 0.405 e. The number of benzene rings is 3. The number of primary amides is 1. The Hall–Kier alpha value is -3.14. The number of nitrogens with one attached hydrogen (secondary N) is 1. The Morgan fingerprint density at radius 3 is 2.47 bits per heavy atom. The van der Waals surface area contributed by atoms with E-state index < -0.39 is 21.7 Å². The van der Waals surface area contributed by atoms with Crippen molar-refractivity contribution in [3.05, 3.63) is 81.8 Å². The first-order valence-electron chi connectivity index (χ1n) is 11.1. The summed E-state index contributed by atoms with van der Waals surface area (Å²) in [7, 11) is -3.33. The molecule has 4 rings (SSSR count). The van der Waals surface area contributed by atoms with E-state index >= 15 is 0 Å². The number of carbonyl (C=O) groups excluding carboxylic acids is 1. The van der Waals surface area contributed by atoms with Crippen LogP contribution >= 0.6 is 22.9 Å². The van der Waals surface area contributed by atoms with Gasteiger partial charge in [-0.25, -0.2) is 18.2 Å². The predicted octanol–water partition coefficient (Wildman–Crippen LogP) is 6.00. The zero-order valence-corrected chi connectivity index (χ0v) is 22.4. The molecule has 0 saturated carbocycles. The van der Waals surface area contributed by atoms with Crippen molar-refractivity contribution in [2.24, 2.45) is 5.73 Å². The Morgan fingerprint density at radius 2 is 1.83 bits per heavy atom. The Kier molecular flexibility index (Phi) is 7.26. The Bertz CT molecular complexity index is 1530. The lowest BCUT2D eigenvalue weighted by molar-refractivity contribution is 0.0460. The lowest BCUT2D eigenvalue weighted by Crippen LogP contribution is -2.33. The fraction of sp³-hybridized carbons (Fsp3) is 0.231. The highest BCUT2D eigenvalue weighted by molar-refractivity contribution is 7.92. The van der Waals surface area contributed by atoms with Crippen molar-refractivity contribution in [2.75, 3.05) is 11.0 Å². The van der Waals surface area contributed by atoms with Crippen LogP contribution in [0, 0.1) is 0 Å². The summed E-state index contributed by atoms with van der Waals surface area (Å²) in [5.41, 5.74) is 9.82. The molecule has 0 aliphatic rings. The van der Waals surface area contributed by atoms with Crippen molar-refractivity contribution >= 4 is 55.0 Å². The predicted molar refractivity (Wildman–Crippen MR) is 146 cm³/mol. The van der Waals surface area contributed by atoms with Gasteiger partial charge in [0.2, 0.25) is 10.0 Å². The fourth-order valence-corrected chi connectivity index (χ4v) is 6.03. The summed E-state index contributed by atoms with van der Waals surface area (Å²) >= 11 is 7.83. The van der Waals surface area contributed by atoms with Crippen molar-refractivity contribution in [3.8, 4) is 11.1 Å². The van der Waals surface area contributed by atoms with Gasteiger partial charge in [0.15, 0.2) is 0 Å². The highest BCUT2D eigenvalue weighted by Gasteiger charge is 2.25. The molecule has 0 radical (unpaired) electrons. The topological polar surface area (TPSA) is 111 Å². The second-order valence-electron chi connectivity index (χ2n) is 9.21. The number of thiazole rings is 1. The molecule has 4 aromatic rings. The van der Waals surface area contributed by atoms with Crippen molar-refractivity contribution < 1.29 is 17.9 Å². The first-order chi connectivity index (χ1) is 16.9. The molecule has 10 heteroatoms. The van der Waals surface area contributed by atoms with Gasteiger partial charge in [-0.3, -0.25) is 4.72 Å². The van der Waals surface area contributed by atoms with Crippen LogP contribution in [-0.2, 0) is 27.6 Å². The van der Waals surface area contributed by atoms with E-state index in [1.165, 1.54) is 0 Å². The number of halogens is 1. The number of nitrogens with two attached hydrogens (primary N) is 1. The van der Waals surface area contributed by atoms with Crippen molar-refractivity contribution in [2.45, 2.75) is 32.3 Å². The van der Waals surface area contributed by atoms with Gasteiger partial charge in [-0.15, -0.1) is 11.3 Å². The van der Waals surface area contributed by atoms with Crippen LogP contribution in [0.5, 0.6) is 0 Å². The first kappa shape index (κ1) is 25.9. The first-order valence-corrected chi connectivity index (χ1v) is 14.2. The molecule has 0 aliphatic heterocycles. The minimum absolute atomic E-state index is 0.425. The highest BCUT2D eigenvalue weighted by atomic mass is 35.5. The van der Waals surface area contributed by atoms with E-state index in [2.05, 4.69) is 16.9 Å². The number of sulfonamides is 1. The standard InChI is InChI=1S/C26H26ClN3O4S2/c1-26(2,34-25(28)31)15-23-29-24-21(18-5-4-6-19(27)14-18)12-17(13-22(24)35-23)11-16-7-9-20(10-8-16)30-36(3,32)33/h4-10,12-14,30H,11,15H2,1-3H3,(H2,28,31). The molecule has 0 unspecified atom stereocenters. The largest absolute Gasteiger partial charge is 0.443 e. The van der Waals surface area contributed by atoms with E-state index in [1.807, 2.05) is 36.4 Å². The van der Waals surface area contributed by atoms with Gasteiger partial charge < -0.3 is 10.5 Å². The summed E-state index contributed by atoms with van der Waals surface area (Å²) in [5.74, 6) is 0. The molecule has 0 spiro atoms. The van der Waals surface area contributed by atoms with Crippen LogP contribution in [0.3, 0.4) is 0 Å². The maximum atomic E-state index is 11.5. The van der Waals surface area contributed by atoms with Crippen LogP contribution in [-0.4, -0.2) is 31.4 Å². The molecular weight excluding hydrogens is 518 g/mol. The number of carbonyl (C=O) groups is 1. The molecule has 3 N–H and O–H groups in total. The van der Waals surface area contributed by atoms with E-state index in [0.29, 0.717) is 23.6 Å². The van der Waals surface area contributed by atoms with E-state index in [-0.39, 0.29) is 0 Å². The lowest BCUT2D eigenvalue weighted by atomic mass is 9.98. The number of hydrogen-bond donors (Lipinski definition) is 2. The molecule has 188 valence electrons. The van der Waals surface area contributed by atoms with Gasteiger partial charge in [-0.1, -0.05) is 35.9 Å². The minimum Gasteiger partial charge on any atom is -0.443 e. The van der Waals surface area contributed by atoms with E-state index in [1.54, 1.807) is 37.3 Å². The molecule has 0 saturated heterocycles. The molecule has 0 atom stereocenters. The molecule has 1 heterocycles. The van der Waals surface area contributed by atoms with Crippen LogP contribution in [0.2, 0.25) is 5.02 Å². The normalized spacial score (nSPS) is 12.0. The summed E-state index contributed by atoms with van der Waals surface area (Å²) in [5, 5.41) is 1.46. The third kappa shape index (κ3) is 6.75. The second kappa shape index (κ2) is 10.1. The number of fused-ring (bicyclic) bond motifs is 1. The summed E-state index contributed by atoms with van der Waals surface area (Å²) in [6.45, 7) is 3.60. The molecule has 1 aromatic heterocycles. The van der Waals surface area contributed by atoms with Crippen LogP contribution in [0.1, 0.15) is 30.0 Å². The third-order valence-corrected chi connectivity index (χ3v) is 7.20. The summed E-state index contributed by atoms with van der Waals surface area (Å²) < 4.78 is 31.7. The van der Waals surface area contributed by atoms with Gasteiger partial charge in [-0.2, -0.15) is 0 Å². The molecule has 3 aromatic carbocycles. The number of nitrogens with zero attached hydrogens (tertiary/aromatic N) is 1. The number of aromatic nitrogens is 1. The van der Waals surface area contributed by atoms with Gasteiger partial charge in [0.25, 0.3) is 0 Å². The summed E-state index contributed by atoms with van der Waals surface area (Å²) in [6.07, 6.45) is 1.37. The molecule has 0 fully saturated rings. The molecular formula is C26H26ClN3O4S2. The number of ether oxygens (including phenoxy) is 1. The molecule has 1 amide bonds. The highest BCUT2D eigenvalue weighted by Crippen LogP contribution is 2.36. The molecule has 0 bridgehead atoms. The zero-order chi connectivity index (χ0) is 26.1. The van der Waals surface area contributed by atoms with E-state index in [9.17, 15) is 13.2 Å². The molecule has 36 heavy (non-hydrogen) atoms. The number of hydrogen-bond acceptors (Lipinski definition) is 6. The number of amides is 1. The van der Waals surface area contributed by atoms with Crippen LogP contribution < -0.4 is 10.5 Å². The van der Waals surface area contributed by atoms with Crippen molar-refractivity contribution in [1.29, 1.82) is 0 Å². The van der Waals surface area contributed by atoms with Gasteiger partial charge in [0.05, 0.1) is 21.5 Å². The van der Waals surface area contributed by atoms with Crippen LogP contribution in [0.15, 0.2) is 60.7 Å². The van der Waals surface area contributed by atoms with E-state index in [4.69, 9.17) is 27.1 Å². The van der Waals surface area contributed by atoms with Gasteiger partial charge in [-0.05, 0) is 73.4 Å². The SMILES string of the molecule is CC(C)(Cc1nc2c(-c3cccc(Cl)c3)cc(Cc3ccc(NS(C)(=O)=O)cc3)cc2s1)OC(N)=O. The van der Waals surface area contributed by atoms with Crippen molar-refractivity contribution in [1.82, 2.24) is 4.98 Å². The second-order valence-corrected chi connectivity index (χ2v) is 12.5. The third-order valence-electron chi connectivity index (χ3n) is 5.35. The molecule has 7 nitrogen and oxygen atoms in total. The van der Waals surface area contributed by atoms with E-state index in [0.717, 1.165) is 43.7 Å². The number of anilines is 1. The summed E-state index contributed by atoms with van der Waals surface area (Å²) in [6, 6.07) is 19.1. The minimum atomic E-state index is -3.33. The lowest BCUT2D eigenvalue weighted by Gasteiger charge is -2.22. The van der Waals surface area contributed by atoms with Crippen LogP contribution in [0.4, 0.5) is 10.5 Å². The Balaban J connectivity index is 1.72. The number of rotatable bonds is 8. The fourth-order valence-electron chi connectivity index (χ4n) is 4.00. The smallest absolute Gasteiger partial charge is 0.405 e. The van der Waals surface area contributed by atoms with Gasteiger partial charge >= 0.3 is 6.09 Å². The van der Waals surface area contributed by atoms with Crippen molar-refractivity contribution in [3.63, 3.8) is 0 Å². The Morgan fingerprint density at radius 1 is 1.11 bits per heavy atom. The summed E-state index contributed by atoms with van der Waals surface area (Å²) in [4.78, 5) is 16.2. The van der Waals surface area contributed by atoms with Gasteiger partial charge in [0, 0.05) is 22.7 Å². The van der Waals surface area contributed by atoms with Gasteiger partial charge in [0.1, 0.15) is 5.60 Å². The quantitative estimate of drug-likeness (QED) is 0.283. The Labute approximate surface area is 219 Å². The average molecular weight is 544 g/mol. The molecule has 0 aliphatic carbocycles. The monoisotopic (exact) mass is 543 g/mol. The van der Waals surface area contributed by atoms with Crippen LogP contribution in [0.25, 0.3) is 21.3 Å².